The van der Waals surface area contributed by atoms with Crippen LogP contribution in [0.5, 0.6) is 0 Å². The van der Waals surface area contributed by atoms with Crippen molar-refractivity contribution in [1.29, 1.82) is 0 Å². The van der Waals surface area contributed by atoms with Gasteiger partial charge in [-0.2, -0.15) is 0 Å². The van der Waals surface area contributed by atoms with Crippen LogP contribution in [0, 0.1) is 0 Å². The van der Waals surface area contributed by atoms with Crippen molar-refractivity contribution in [3.63, 3.8) is 0 Å². The molecule has 0 bridgehead atoms. The average molecular weight is 286 g/mol. The Hall–Kier alpha value is -0.730. The molecule has 0 unspecified atom stereocenters. The van der Waals surface area contributed by atoms with E-state index in [9.17, 15) is 4.79 Å². The van der Waals surface area contributed by atoms with Crippen LogP contribution in [0.2, 0.25) is 5.02 Å². The molecular formula is C14H17Cl2NO. The summed E-state index contributed by atoms with van der Waals surface area (Å²) in [7, 11) is 0. The SMILES string of the molecule is O=C(c1ccccc1Cl)N(CCCl)C1CCCC1. The van der Waals surface area contributed by atoms with Crippen LogP contribution in [-0.2, 0) is 0 Å². The first-order valence-electron chi connectivity index (χ1n) is 6.35. The number of carbonyl (C=O) groups excluding carboxylic acids is 1. The Balaban J connectivity index is 2.20. The van der Waals surface area contributed by atoms with Crippen molar-refractivity contribution in [2.45, 2.75) is 31.7 Å². The fourth-order valence-electron chi connectivity index (χ4n) is 2.55. The molecule has 0 aromatic heterocycles. The number of benzene rings is 1. The minimum atomic E-state index is 0.00755. The maximum atomic E-state index is 12.5. The lowest BCUT2D eigenvalue weighted by Gasteiger charge is -2.28. The molecular weight excluding hydrogens is 269 g/mol. The Morgan fingerprint density at radius 3 is 2.56 bits per heavy atom. The van der Waals surface area contributed by atoms with Gasteiger partial charge in [0.25, 0.3) is 5.91 Å². The maximum Gasteiger partial charge on any atom is 0.255 e. The smallest absolute Gasteiger partial charge is 0.255 e. The fourth-order valence-corrected chi connectivity index (χ4v) is 2.94. The summed E-state index contributed by atoms with van der Waals surface area (Å²) in [5.74, 6) is 0.473. The van der Waals surface area contributed by atoms with Gasteiger partial charge in [-0.15, -0.1) is 11.6 Å². The van der Waals surface area contributed by atoms with E-state index in [2.05, 4.69) is 0 Å². The number of carbonyl (C=O) groups is 1. The van der Waals surface area contributed by atoms with Gasteiger partial charge in [-0.25, -0.2) is 0 Å². The summed E-state index contributed by atoms with van der Waals surface area (Å²) in [6.45, 7) is 0.594. The number of nitrogens with zero attached hydrogens (tertiary/aromatic N) is 1. The van der Waals surface area contributed by atoms with Crippen LogP contribution in [0.1, 0.15) is 36.0 Å². The molecule has 1 amide bonds. The van der Waals surface area contributed by atoms with E-state index in [4.69, 9.17) is 23.2 Å². The zero-order valence-corrected chi connectivity index (χ0v) is 11.8. The molecule has 0 N–H and O–H groups in total. The van der Waals surface area contributed by atoms with Gasteiger partial charge >= 0.3 is 0 Å². The minimum absolute atomic E-state index is 0.00755. The van der Waals surface area contributed by atoms with Crippen molar-refractivity contribution in [2.24, 2.45) is 0 Å². The van der Waals surface area contributed by atoms with Crippen LogP contribution in [0.25, 0.3) is 0 Å². The normalized spacial score (nSPS) is 15.9. The highest BCUT2D eigenvalue weighted by molar-refractivity contribution is 6.33. The van der Waals surface area contributed by atoms with E-state index in [1.54, 1.807) is 12.1 Å². The molecule has 0 atom stereocenters. The molecule has 4 heteroatoms. The van der Waals surface area contributed by atoms with Gasteiger partial charge in [0.15, 0.2) is 0 Å². The van der Waals surface area contributed by atoms with Gasteiger partial charge in [0.2, 0.25) is 0 Å². The first-order chi connectivity index (χ1) is 8.74. The van der Waals surface area contributed by atoms with E-state index in [0.717, 1.165) is 12.8 Å². The van der Waals surface area contributed by atoms with Gasteiger partial charge in [0.05, 0.1) is 10.6 Å². The molecule has 0 radical (unpaired) electrons. The second-order valence-corrected chi connectivity index (χ2v) is 5.39. The zero-order valence-electron chi connectivity index (χ0n) is 10.2. The number of hydrogen-bond donors (Lipinski definition) is 0. The lowest BCUT2D eigenvalue weighted by molar-refractivity contribution is 0.0695. The quantitative estimate of drug-likeness (QED) is 0.767. The highest BCUT2D eigenvalue weighted by Gasteiger charge is 2.27. The van der Waals surface area contributed by atoms with Gasteiger partial charge in [0, 0.05) is 18.5 Å². The van der Waals surface area contributed by atoms with Crippen LogP contribution >= 0.6 is 23.2 Å². The molecule has 2 rings (SSSR count). The van der Waals surface area contributed by atoms with E-state index in [1.807, 2.05) is 17.0 Å². The van der Waals surface area contributed by atoms with Crippen molar-refractivity contribution in [2.75, 3.05) is 12.4 Å². The van der Waals surface area contributed by atoms with Crippen molar-refractivity contribution < 1.29 is 4.79 Å². The zero-order chi connectivity index (χ0) is 13.0. The molecule has 1 fully saturated rings. The number of rotatable bonds is 4. The van der Waals surface area contributed by atoms with E-state index < -0.39 is 0 Å². The Labute approximate surface area is 118 Å². The average Bonchev–Trinajstić information content (AvgIpc) is 2.89. The topological polar surface area (TPSA) is 20.3 Å². The predicted octanol–water partition coefficient (Wildman–Crippen LogP) is 3.96. The number of alkyl halides is 1. The summed E-state index contributed by atoms with van der Waals surface area (Å²) in [6, 6.07) is 7.53. The second kappa shape index (κ2) is 6.44. The Morgan fingerprint density at radius 1 is 1.28 bits per heavy atom. The van der Waals surface area contributed by atoms with Gasteiger partial charge < -0.3 is 4.90 Å². The van der Waals surface area contributed by atoms with E-state index in [1.165, 1.54) is 12.8 Å². The molecule has 0 saturated heterocycles. The number of amides is 1. The maximum absolute atomic E-state index is 12.5. The van der Waals surface area contributed by atoms with Gasteiger partial charge in [-0.1, -0.05) is 36.6 Å². The summed E-state index contributed by atoms with van der Waals surface area (Å²) in [4.78, 5) is 14.4. The third-order valence-corrected chi connectivity index (χ3v) is 3.95. The fraction of sp³-hybridized carbons (Fsp3) is 0.500. The van der Waals surface area contributed by atoms with Crippen LogP contribution in [0.15, 0.2) is 24.3 Å². The van der Waals surface area contributed by atoms with Gasteiger partial charge in [0.1, 0.15) is 0 Å². The van der Waals surface area contributed by atoms with Gasteiger partial charge in [-0.05, 0) is 25.0 Å². The molecule has 1 aliphatic rings. The van der Waals surface area contributed by atoms with Crippen LogP contribution < -0.4 is 0 Å². The van der Waals surface area contributed by atoms with Crippen LogP contribution in [-0.4, -0.2) is 29.3 Å². The van der Waals surface area contributed by atoms with E-state index in [0.29, 0.717) is 29.1 Å². The highest BCUT2D eigenvalue weighted by Crippen LogP contribution is 2.26. The molecule has 0 spiro atoms. The van der Waals surface area contributed by atoms with Crippen molar-refractivity contribution in [3.8, 4) is 0 Å². The molecule has 0 heterocycles. The molecule has 0 aliphatic heterocycles. The molecule has 1 aliphatic carbocycles. The lowest BCUT2D eigenvalue weighted by atomic mass is 10.1. The van der Waals surface area contributed by atoms with Crippen molar-refractivity contribution >= 4 is 29.1 Å². The van der Waals surface area contributed by atoms with Crippen LogP contribution in [0.4, 0.5) is 0 Å². The first-order valence-corrected chi connectivity index (χ1v) is 7.26. The third-order valence-electron chi connectivity index (χ3n) is 3.46. The largest absolute Gasteiger partial charge is 0.334 e. The first kappa shape index (κ1) is 13.7. The second-order valence-electron chi connectivity index (χ2n) is 4.61. The van der Waals surface area contributed by atoms with E-state index in [-0.39, 0.29) is 5.91 Å². The molecule has 1 saturated carbocycles. The summed E-state index contributed by atoms with van der Waals surface area (Å²) in [5, 5.41) is 0.514. The Morgan fingerprint density at radius 2 is 1.94 bits per heavy atom. The van der Waals surface area contributed by atoms with Crippen molar-refractivity contribution in [1.82, 2.24) is 4.90 Å². The summed E-state index contributed by atoms with van der Waals surface area (Å²) in [5.41, 5.74) is 0.580. The van der Waals surface area contributed by atoms with Crippen LogP contribution in [0.3, 0.4) is 0 Å². The summed E-state index contributed by atoms with van der Waals surface area (Å²) in [6.07, 6.45) is 4.54. The Kier molecular flexibility index (Phi) is 4.90. The third kappa shape index (κ3) is 2.99. The molecule has 2 nitrogen and oxygen atoms in total. The molecule has 1 aromatic carbocycles. The van der Waals surface area contributed by atoms with Crippen molar-refractivity contribution in [3.05, 3.63) is 34.9 Å². The number of halogens is 2. The minimum Gasteiger partial charge on any atom is -0.334 e. The Bertz CT molecular complexity index is 416. The summed E-state index contributed by atoms with van der Waals surface area (Å²) >= 11 is 11.9. The predicted molar refractivity (Wildman–Crippen MR) is 75.5 cm³/mol. The lowest BCUT2D eigenvalue weighted by Crippen LogP contribution is -2.40. The summed E-state index contributed by atoms with van der Waals surface area (Å²) < 4.78 is 0. The highest BCUT2D eigenvalue weighted by atomic mass is 35.5. The molecule has 98 valence electrons. The van der Waals surface area contributed by atoms with E-state index >= 15 is 0 Å². The molecule has 18 heavy (non-hydrogen) atoms. The standard InChI is InChI=1S/C14H17Cl2NO/c15-9-10-17(11-5-1-2-6-11)14(18)12-7-3-4-8-13(12)16/h3-4,7-8,11H,1-2,5-6,9-10H2. The monoisotopic (exact) mass is 285 g/mol. The molecule has 1 aromatic rings. The number of hydrogen-bond acceptors (Lipinski definition) is 1. The van der Waals surface area contributed by atoms with Gasteiger partial charge in [-0.3, -0.25) is 4.79 Å².